The highest BCUT2D eigenvalue weighted by Crippen LogP contribution is 2.51. The number of rotatable bonds is 3. The molecule has 0 aromatic rings. The van der Waals surface area contributed by atoms with Crippen LogP contribution in [0.25, 0.3) is 0 Å². The third-order valence-electron chi connectivity index (χ3n) is 3.70. The van der Waals surface area contributed by atoms with Crippen molar-refractivity contribution in [2.24, 2.45) is 17.8 Å². The van der Waals surface area contributed by atoms with Crippen LogP contribution in [0.15, 0.2) is 11.6 Å². The fourth-order valence-corrected chi connectivity index (χ4v) is 2.63. The first-order valence-electron chi connectivity index (χ1n) is 5.54. The van der Waals surface area contributed by atoms with E-state index in [4.69, 9.17) is 0 Å². The summed E-state index contributed by atoms with van der Waals surface area (Å²) in [5.41, 5.74) is 1.46. The highest BCUT2D eigenvalue weighted by atomic mass is 15.2. The van der Waals surface area contributed by atoms with Crippen LogP contribution < -0.4 is 0 Å². The maximum absolute atomic E-state index is 2.63. The van der Waals surface area contributed by atoms with Crippen molar-refractivity contribution in [3.8, 4) is 0 Å². The second kappa shape index (κ2) is 3.45. The molecule has 0 aromatic carbocycles. The number of fused-ring (bicyclic) bond motifs is 1. The molecule has 0 aromatic heterocycles. The Bertz CT molecular complexity index is 203. The van der Waals surface area contributed by atoms with Gasteiger partial charge in [-0.25, -0.2) is 0 Å². The molecule has 0 radical (unpaired) electrons. The van der Waals surface area contributed by atoms with Crippen LogP contribution >= 0.6 is 0 Å². The van der Waals surface area contributed by atoms with Gasteiger partial charge in [-0.1, -0.05) is 18.6 Å². The van der Waals surface area contributed by atoms with E-state index in [1.807, 2.05) is 0 Å². The molecule has 0 bridgehead atoms. The smallest absolute Gasteiger partial charge is 0.00162 e. The van der Waals surface area contributed by atoms with E-state index >= 15 is 0 Å². The van der Waals surface area contributed by atoms with Crippen molar-refractivity contribution in [3.63, 3.8) is 0 Å². The molecule has 0 spiro atoms. The average Bonchev–Trinajstić information content (AvgIpc) is 2.53. The Balaban J connectivity index is 1.66. The molecule has 0 amide bonds. The first-order chi connectivity index (χ1) is 6.18. The predicted molar refractivity (Wildman–Crippen MR) is 56.6 cm³/mol. The zero-order valence-corrected chi connectivity index (χ0v) is 9.09. The van der Waals surface area contributed by atoms with Gasteiger partial charge in [0, 0.05) is 19.6 Å². The van der Waals surface area contributed by atoms with Gasteiger partial charge in [0.05, 0.1) is 0 Å². The van der Waals surface area contributed by atoms with Gasteiger partial charge in [-0.15, -0.1) is 0 Å². The lowest BCUT2D eigenvalue weighted by molar-refractivity contribution is 0.294. The van der Waals surface area contributed by atoms with Crippen LogP contribution in [0.4, 0.5) is 0 Å². The second-order valence-corrected chi connectivity index (χ2v) is 5.02. The molecular formula is C12H21N. The minimum atomic E-state index is 1.04. The summed E-state index contributed by atoms with van der Waals surface area (Å²) in [5, 5.41) is 0. The Morgan fingerprint density at radius 1 is 1.31 bits per heavy atom. The molecule has 1 heterocycles. The molecule has 74 valence electrons. The van der Waals surface area contributed by atoms with Crippen LogP contribution in [-0.4, -0.2) is 24.5 Å². The van der Waals surface area contributed by atoms with Gasteiger partial charge in [-0.05, 0) is 38.0 Å². The Hall–Kier alpha value is -0.300. The summed E-state index contributed by atoms with van der Waals surface area (Å²) in [6, 6.07) is 0. The maximum atomic E-state index is 2.63. The number of nitrogens with zero attached hydrogens (tertiary/aromatic N) is 1. The van der Waals surface area contributed by atoms with Gasteiger partial charge < -0.3 is 4.90 Å². The lowest BCUT2D eigenvalue weighted by atomic mass is 10.2. The highest BCUT2D eigenvalue weighted by Gasteiger charge is 2.52. The fraction of sp³-hybridized carbons (Fsp3) is 0.833. The van der Waals surface area contributed by atoms with Crippen LogP contribution in [0.5, 0.6) is 0 Å². The van der Waals surface area contributed by atoms with E-state index in [1.54, 1.807) is 0 Å². The lowest BCUT2D eigenvalue weighted by Gasteiger charge is -2.17. The molecule has 1 saturated heterocycles. The van der Waals surface area contributed by atoms with Crippen molar-refractivity contribution >= 4 is 0 Å². The summed E-state index contributed by atoms with van der Waals surface area (Å²) in [6.45, 7) is 10.8. The summed E-state index contributed by atoms with van der Waals surface area (Å²) in [4.78, 5) is 2.63. The Morgan fingerprint density at radius 3 is 2.46 bits per heavy atom. The Morgan fingerprint density at radius 2 is 1.92 bits per heavy atom. The van der Waals surface area contributed by atoms with E-state index in [9.17, 15) is 0 Å². The summed E-state index contributed by atoms with van der Waals surface area (Å²) in [6.07, 6.45) is 3.60. The fourth-order valence-electron chi connectivity index (χ4n) is 2.63. The van der Waals surface area contributed by atoms with Crippen molar-refractivity contribution in [2.75, 3.05) is 19.6 Å². The summed E-state index contributed by atoms with van der Waals surface area (Å²) >= 11 is 0. The molecule has 2 aliphatic rings. The zero-order valence-electron chi connectivity index (χ0n) is 9.09. The third-order valence-corrected chi connectivity index (χ3v) is 3.70. The number of hydrogen-bond acceptors (Lipinski definition) is 1. The van der Waals surface area contributed by atoms with Gasteiger partial charge >= 0.3 is 0 Å². The molecule has 1 heteroatoms. The van der Waals surface area contributed by atoms with Crippen molar-refractivity contribution < 1.29 is 0 Å². The van der Waals surface area contributed by atoms with Crippen LogP contribution in [0, 0.1) is 17.8 Å². The molecule has 2 fully saturated rings. The Kier molecular flexibility index (Phi) is 2.46. The second-order valence-electron chi connectivity index (χ2n) is 5.02. The van der Waals surface area contributed by atoms with E-state index in [0.29, 0.717) is 0 Å². The minimum absolute atomic E-state index is 1.04. The van der Waals surface area contributed by atoms with E-state index in [-0.39, 0.29) is 0 Å². The van der Waals surface area contributed by atoms with Crippen LogP contribution in [-0.2, 0) is 0 Å². The van der Waals surface area contributed by atoms with Crippen LogP contribution in [0.1, 0.15) is 27.2 Å². The van der Waals surface area contributed by atoms with Crippen LogP contribution in [0.2, 0.25) is 0 Å². The van der Waals surface area contributed by atoms with E-state index in [0.717, 1.165) is 17.8 Å². The van der Waals surface area contributed by atoms with E-state index in [1.165, 1.54) is 31.6 Å². The molecule has 13 heavy (non-hydrogen) atoms. The molecule has 1 saturated carbocycles. The van der Waals surface area contributed by atoms with Gasteiger partial charge in [0.25, 0.3) is 0 Å². The van der Waals surface area contributed by atoms with Gasteiger partial charge in [-0.2, -0.15) is 0 Å². The zero-order chi connectivity index (χ0) is 9.42. The van der Waals surface area contributed by atoms with Crippen LogP contribution in [0.3, 0.4) is 0 Å². The molecule has 2 rings (SSSR count). The summed E-state index contributed by atoms with van der Waals surface area (Å²) < 4.78 is 0. The van der Waals surface area contributed by atoms with Crippen molar-refractivity contribution in [2.45, 2.75) is 27.2 Å². The van der Waals surface area contributed by atoms with Crippen molar-refractivity contribution in [3.05, 3.63) is 11.6 Å². The largest absolute Gasteiger partial charge is 0.302 e. The maximum Gasteiger partial charge on any atom is 0.00162 e. The molecule has 2 atom stereocenters. The topological polar surface area (TPSA) is 3.24 Å². The summed E-state index contributed by atoms with van der Waals surface area (Å²) in [7, 11) is 0. The number of piperidine rings is 1. The van der Waals surface area contributed by atoms with Gasteiger partial charge in [-0.3, -0.25) is 0 Å². The lowest BCUT2D eigenvalue weighted by Crippen LogP contribution is -2.24. The van der Waals surface area contributed by atoms with Gasteiger partial charge in [0.15, 0.2) is 0 Å². The quantitative estimate of drug-likeness (QED) is 0.602. The van der Waals surface area contributed by atoms with Gasteiger partial charge in [0.2, 0.25) is 0 Å². The number of likely N-dealkylation sites (tertiary alicyclic amines) is 1. The van der Waals surface area contributed by atoms with Crippen molar-refractivity contribution in [1.29, 1.82) is 0 Å². The number of allylic oxidation sites excluding steroid dienone is 1. The molecular weight excluding hydrogens is 158 g/mol. The van der Waals surface area contributed by atoms with Crippen molar-refractivity contribution in [1.82, 2.24) is 4.90 Å². The third kappa shape index (κ3) is 1.96. The SMILES string of the molecule is CC(C)=CCCN1CC2C(C)C2C1. The number of hydrogen-bond donors (Lipinski definition) is 0. The highest BCUT2D eigenvalue weighted by molar-refractivity contribution is 5.03. The molecule has 1 nitrogen and oxygen atoms in total. The van der Waals surface area contributed by atoms with E-state index in [2.05, 4.69) is 31.7 Å². The molecule has 0 N–H and O–H groups in total. The molecule has 1 aliphatic carbocycles. The normalized spacial score (nSPS) is 37.3. The molecule has 2 unspecified atom stereocenters. The van der Waals surface area contributed by atoms with Gasteiger partial charge in [0.1, 0.15) is 0 Å². The standard InChI is InChI=1S/C12H21N/c1-9(2)5-4-6-13-7-11-10(3)12(11)8-13/h5,10-12H,4,6-8H2,1-3H3. The Labute approximate surface area is 81.8 Å². The average molecular weight is 179 g/mol. The van der Waals surface area contributed by atoms with E-state index < -0.39 is 0 Å². The first-order valence-corrected chi connectivity index (χ1v) is 5.54. The predicted octanol–water partition coefficient (Wildman–Crippen LogP) is 2.54. The summed E-state index contributed by atoms with van der Waals surface area (Å²) in [5.74, 6) is 3.16. The monoisotopic (exact) mass is 179 g/mol. The minimum Gasteiger partial charge on any atom is -0.302 e. The molecule has 1 aliphatic heterocycles. The first kappa shape index (κ1) is 9.26.